The first-order valence-electron chi connectivity index (χ1n) is 12.5. The van der Waals surface area contributed by atoms with E-state index in [1.165, 1.54) is 24.2 Å². The van der Waals surface area contributed by atoms with Crippen molar-refractivity contribution in [3.63, 3.8) is 0 Å². The predicted octanol–water partition coefficient (Wildman–Crippen LogP) is 2.69. The molecule has 12 heteroatoms. The molecule has 0 unspecified atom stereocenters. The highest BCUT2D eigenvalue weighted by Crippen LogP contribution is 2.37. The van der Waals surface area contributed by atoms with Gasteiger partial charge in [0.25, 0.3) is 5.91 Å². The first-order chi connectivity index (χ1) is 19.1. The standard InChI is InChI=1S/C28H30ClIN2O8/c1-3-22(35)28(38)32(14-16-4-6-19(29)7-5-16)21-12-18(27(37)31-8-9-33)13-23(25(21)36)40-26-20(30)10-17(15-34)11-24(26)39-2/h4-7,10-11,13,15,21,23,25,33,36H,3,8-9,12,14H2,1-2H3,(H,31,37)/t21-,23+,25+/m1/s1. The highest BCUT2D eigenvalue weighted by Gasteiger charge is 2.42. The van der Waals surface area contributed by atoms with Crippen LogP contribution in [0.3, 0.4) is 0 Å². The number of carbonyl (C=O) groups excluding carboxylic acids is 4. The molecule has 0 bridgehead atoms. The highest BCUT2D eigenvalue weighted by molar-refractivity contribution is 14.1. The molecule has 0 saturated carbocycles. The van der Waals surface area contributed by atoms with Crippen LogP contribution >= 0.6 is 34.2 Å². The fourth-order valence-corrected chi connectivity index (χ4v) is 5.15. The van der Waals surface area contributed by atoms with Crippen molar-refractivity contribution in [3.8, 4) is 11.5 Å². The van der Waals surface area contributed by atoms with Crippen LogP contribution in [0.1, 0.15) is 35.7 Å². The second-order valence-electron chi connectivity index (χ2n) is 9.00. The molecule has 0 aromatic heterocycles. The molecule has 2 aromatic carbocycles. The van der Waals surface area contributed by atoms with Crippen molar-refractivity contribution >= 4 is 58.1 Å². The van der Waals surface area contributed by atoms with Crippen LogP contribution < -0.4 is 14.8 Å². The van der Waals surface area contributed by atoms with Gasteiger partial charge in [0, 0.05) is 42.1 Å². The van der Waals surface area contributed by atoms with Crippen LogP contribution in [0.4, 0.5) is 0 Å². The van der Waals surface area contributed by atoms with Crippen molar-refractivity contribution in [3.05, 3.63) is 67.8 Å². The molecular weight excluding hydrogens is 655 g/mol. The molecule has 0 fully saturated rings. The van der Waals surface area contributed by atoms with Crippen LogP contribution in [0.2, 0.25) is 5.02 Å². The maximum absolute atomic E-state index is 13.3. The SMILES string of the molecule is CCC(=O)C(=O)N(Cc1ccc(Cl)cc1)[C@@H]1CC(C(=O)NCCO)=C[C@H](Oc2c(I)cc(C=O)cc2OC)[C@H]1O. The van der Waals surface area contributed by atoms with Gasteiger partial charge in [-0.2, -0.15) is 0 Å². The van der Waals surface area contributed by atoms with Crippen molar-refractivity contribution < 1.29 is 38.9 Å². The summed E-state index contributed by atoms with van der Waals surface area (Å²) in [5.41, 5.74) is 1.21. The Bertz CT molecular complexity index is 1280. The van der Waals surface area contributed by atoms with Crippen LogP contribution in [0.25, 0.3) is 0 Å². The summed E-state index contributed by atoms with van der Waals surface area (Å²) in [7, 11) is 1.40. The van der Waals surface area contributed by atoms with Crippen molar-refractivity contribution in [2.75, 3.05) is 20.3 Å². The Balaban J connectivity index is 2.07. The van der Waals surface area contributed by atoms with Crippen molar-refractivity contribution in [1.29, 1.82) is 0 Å². The lowest BCUT2D eigenvalue weighted by Crippen LogP contribution is -2.56. The van der Waals surface area contributed by atoms with Crippen molar-refractivity contribution in [2.45, 2.75) is 44.6 Å². The molecule has 214 valence electrons. The normalized spacial score (nSPS) is 18.4. The number of ether oxygens (including phenoxy) is 2. The van der Waals surface area contributed by atoms with Crippen LogP contribution in [0, 0.1) is 3.57 Å². The summed E-state index contributed by atoms with van der Waals surface area (Å²) in [5, 5.41) is 23.8. The number of aldehydes is 1. The first-order valence-corrected chi connectivity index (χ1v) is 13.9. The largest absolute Gasteiger partial charge is 0.493 e. The quantitative estimate of drug-likeness (QED) is 0.176. The average Bonchev–Trinajstić information content (AvgIpc) is 2.96. The summed E-state index contributed by atoms with van der Waals surface area (Å²) in [6.45, 7) is 1.25. The molecule has 3 rings (SSSR count). The minimum absolute atomic E-state index is 0.00443. The van der Waals surface area contributed by atoms with Crippen LogP contribution in [-0.2, 0) is 20.9 Å². The molecule has 0 spiro atoms. The van der Waals surface area contributed by atoms with E-state index in [9.17, 15) is 29.4 Å². The van der Waals surface area contributed by atoms with Gasteiger partial charge in [-0.1, -0.05) is 30.7 Å². The van der Waals surface area contributed by atoms with E-state index >= 15 is 0 Å². The van der Waals surface area contributed by atoms with Gasteiger partial charge >= 0.3 is 0 Å². The number of hydrogen-bond acceptors (Lipinski definition) is 8. The molecular formula is C28H30ClIN2O8. The smallest absolute Gasteiger partial charge is 0.290 e. The van der Waals surface area contributed by atoms with E-state index in [0.717, 1.165) is 0 Å². The first kappa shape index (κ1) is 31.5. The zero-order valence-electron chi connectivity index (χ0n) is 21.9. The molecule has 3 atom stereocenters. The number of nitrogens with one attached hydrogen (secondary N) is 1. The molecule has 0 aliphatic heterocycles. The van der Waals surface area contributed by atoms with Gasteiger partial charge in [-0.25, -0.2) is 0 Å². The molecule has 2 amide bonds. The molecule has 0 heterocycles. The van der Waals surface area contributed by atoms with Gasteiger partial charge in [0.15, 0.2) is 11.5 Å². The monoisotopic (exact) mass is 684 g/mol. The number of aliphatic hydroxyl groups excluding tert-OH is 2. The number of benzene rings is 2. The Hall–Kier alpha value is -3.00. The van der Waals surface area contributed by atoms with Crippen LogP contribution in [0.5, 0.6) is 11.5 Å². The fraction of sp³-hybridized carbons (Fsp3) is 0.357. The summed E-state index contributed by atoms with van der Waals surface area (Å²) >= 11 is 7.98. The number of methoxy groups -OCH3 is 1. The number of halogens is 2. The van der Waals surface area contributed by atoms with E-state index in [0.29, 0.717) is 26.0 Å². The Labute approximate surface area is 250 Å². The summed E-state index contributed by atoms with van der Waals surface area (Å²) < 4.78 is 12.1. The summed E-state index contributed by atoms with van der Waals surface area (Å²) in [6.07, 6.45) is -0.515. The summed E-state index contributed by atoms with van der Waals surface area (Å²) in [5.74, 6) is -1.51. The molecule has 10 nitrogen and oxygen atoms in total. The van der Waals surface area contributed by atoms with Gasteiger partial charge in [0.1, 0.15) is 18.5 Å². The van der Waals surface area contributed by atoms with Crippen LogP contribution in [-0.4, -0.2) is 77.5 Å². The van der Waals surface area contributed by atoms with Crippen LogP contribution in [0.15, 0.2) is 48.0 Å². The minimum atomic E-state index is -1.36. The van der Waals surface area contributed by atoms with Gasteiger partial charge in [-0.15, -0.1) is 0 Å². The van der Waals surface area contributed by atoms with E-state index in [1.807, 2.05) is 22.6 Å². The number of rotatable bonds is 12. The Kier molecular flexibility index (Phi) is 11.5. The van der Waals surface area contributed by atoms with E-state index in [-0.39, 0.29) is 49.6 Å². The third-order valence-electron chi connectivity index (χ3n) is 6.34. The van der Waals surface area contributed by atoms with Gasteiger partial charge in [0.05, 0.1) is 23.3 Å². The Morgan fingerprint density at radius 2 is 1.93 bits per heavy atom. The second-order valence-corrected chi connectivity index (χ2v) is 10.6. The lowest BCUT2D eigenvalue weighted by Gasteiger charge is -2.40. The molecule has 2 aromatic rings. The minimum Gasteiger partial charge on any atom is -0.493 e. The average molecular weight is 685 g/mol. The van der Waals surface area contributed by atoms with Gasteiger partial charge in [0.2, 0.25) is 11.7 Å². The number of aliphatic hydroxyl groups is 2. The van der Waals surface area contributed by atoms with E-state index < -0.39 is 35.8 Å². The molecule has 1 aliphatic rings. The van der Waals surface area contributed by atoms with Crippen molar-refractivity contribution in [2.24, 2.45) is 0 Å². The maximum atomic E-state index is 13.3. The zero-order chi connectivity index (χ0) is 29.4. The maximum Gasteiger partial charge on any atom is 0.290 e. The van der Waals surface area contributed by atoms with Gasteiger partial charge in [-0.05, 0) is 58.5 Å². The van der Waals surface area contributed by atoms with E-state index in [4.69, 9.17) is 21.1 Å². The number of carbonyl (C=O) groups is 4. The summed E-state index contributed by atoms with van der Waals surface area (Å²) in [6, 6.07) is 8.73. The third kappa shape index (κ3) is 7.59. The molecule has 1 aliphatic carbocycles. The Morgan fingerprint density at radius 1 is 1.23 bits per heavy atom. The van der Waals surface area contributed by atoms with Gasteiger partial charge < -0.3 is 29.9 Å². The molecule has 0 radical (unpaired) electrons. The molecule has 0 saturated heterocycles. The van der Waals surface area contributed by atoms with Gasteiger partial charge in [-0.3, -0.25) is 19.2 Å². The lowest BCUT2D eigenvalue weighted by molar-refractivity contribution is -0.149. The topological polar surface area (TPSA) is 142 Å². The lowest BCUT2D eigenvalue weighted by atomic mass is 9.87. The highest BCUT2D eigenvalue weighted by atomic mass is 127. The summed E-state index contributed by atoms with van der Waals surface area (Å²) in [4.78, 5) is 51.5. The van der Waals surface area contributed by atoms with Crippen molar-refractivity contribution in [1.82, 2.24) is 10.2 Å². The number of hydrogen-bond donors (Lipinski definition) is 3. The van der Waals surface area contributed by atoms with E-state index in [1.54, 1.807) is 37.3 Å². The van der Waals surface area contributed by atoms with E-state index in [2.05, 4.69) is 5.32 Å². The fourth-order valence-electron chi connectivity index (χ4n) is 4.28. The third-order valence-corrected chi connectivity index (χ3v) is 7.40. The molecule has 40 heavy (non-hydrogen) atoms. The number of Topliss-reactive ketones (excluding diaryl/α,β-unsaturated/α-hetero) is 1. The predicted molar refractivity (Wildman–Crippen MR) is 155 cm³/mol. The molecule has 3 N–H and O–H groups in total. The zero-order valence-corrected chi connectivity index (χ0v) is 24.8. The Morgan fingerprint density at radius 3 is 2.52 bits per heavy atom. The number of ketones is 1. The second kappa shape index (κ2) is 14.6. The number of nitrogens with zero attached hydrogens (tertiary/aromatic N) is 1. The number of amides is 2.